The van der Waals surface area contributed by atoms with Gasteiger partial charge in [0.25, 0.3) is 5.91 Å². The minimum atomic E-state index is -4.65. The van der Waals surface area contributed by atoms with E-state index in [1.54, 1.807) is 0 Å². The Morgan fingerprint density at radius 3 is 2.31 bits per heavy atom. The Bertz CT molecular complexity index is 667. The number of nitrogens with one attached hydrogen (secondary N) is 1. The lowest BCUT2D eigenvalue weighted by Gasteiger charge is -2.32. The first-order valence-electron chi connectivity index (χ1n) is 8.17. The van der Waals surface area contributed by atoms with Crippen molar-refractivity contribution in [3.05, 3.63) is 29.3 Å². The van der Waals surface area contributed by atoms with Crippen LogP contribution >= 0.6 is 0 Å². The first-order chi connectivity index (χ1) is 12.2. The third kappa shape index (κ3) is 4.87. The summed E-state index contributed by atoms with van der Waals surface area (Å²) in [4.78, 5) is 12.2. The number of ether oxygens (including phenoxy) is 1. The van der Waals surface area contributed by atoms with Crippen molar-refractivity contribution in [2.75, 3.05) is 6.61 Å². The van der Waals surface area contributed by atoms with Crippen LogP contribution in [0, 0.1) is 29.9 Å². The molecule has 1 aliphatic rings. The van der Waals surface area contributed by atoms with Crippen molar-refractivity contribution in [1.82, 2.24) is 5.32 Å². The first kappa shape index (κ1) is 20.0. The van der Waals surface area contributed by atoms with Crippen LogP contribution in [-0.2, 0) is 0 Å². The van der Waals surface area contributed by atoms with Gasteiger partial charge >= 0.3 is 6.18 Å². The van der Waals surface area contributed by atoms with Crippen LogP contribution in [-0.4, -0.2) is 24.7 Å². The van der Waals surface area contributed by atoms with Gasteiger partial charge in [0.1, 0.15) is 12.6 Å². The smallest absolute Gasteiger partial charge is 0.408 e. The summed E-state index contributed by atoms with van der Waals surface area (Å²) in [5, 5.41) is 1.89. The molecule has 1 atom stereocenters. The second-order valence-electron chi connectivity index (χ2n) is 6.15. The van der Waals surface area contributed by atoms with Gasteiger partial charge < -0.3 is 10.1 Å². The molecule has 1 unspecified atom stereocenters. The Hall–Kier alpha value is -2.30. The van der Waals surface area contributed by atoms with Crippen LogP contribution in [0.1, 0.15) is 42.5 Å². The summed E-state index contributed by atoms with van der Waals surface area (Å²) >= 11 is 0. The molecule has 142 valence electrons. The maximum atomic E-state index is 13.9. The number of carbonyl (C=O) groups excluding carboxylic acids is 1. The number of halogens is 5. The molecule has 1 N–H and O–H groups in total. The molecule has 0 aromatic heterocycles. The van der Waals surface area contributed by atoms with E-state index in [1.807, 2.05) is 11.2 Å². The molecule has 0 heterocycles. The molecule has 26 heavy (non-hydrogen) atoms. The Kier molecular flexibility index (Phi) is 6.46. The van der Waals surface area contributed by atoms with E-state index in [0.717, 1.165) is 6.42 Å². The number of amides is 1. The average molecular weight is 375 g/mol. The summed E-state index contributed by atoms with van der Waals surface area (Å²) in [6, 6.07) is -0.810. The van der Waals surface area contributed by atoms with Crippen molar-refractivity contribution in [3.8, 4) is 18.1 Å². The molecule has 0 radical (unpaired) electrons. The van der Waals surface area contributed by atoms with Crippen molar-refractivity contribution in [3.63, 3.8) is 0 Å². The summed E-state index contributed by atoms with van der Waals surface area (Å²) in [6.07, 6.45) is 3.11. The molecule has 1 aromatic carbocycles. The zero-order valence-corrected chi connectivity index (χ0v) is 13.8. The second-order valence-corrected chi connectivity index (χ2v) is 6.15. The van der Waals surface area contributed by atoms with Crippen LogP contribution in [0.15, 0.2) is 12.1 Å². The van der Waals surface area contributed by atoms with Gasteiger partial charge in [-0.15, -0.1) is 6.42 Å². The topological polar surface area (TPSA) is 38.3 Å². The maximum Gasteiger partial charge on any atom is 0.408 e. The number of carbonyl (C=O) groups is 1. The van der Waals surface area contributed by atoms with Gasteiger partial charge in [-0.25, -0.2) is 8.78 Å². The molecule has 0 spiro atoms. The number of rotatable bonds is 5. The summed E-state index contributed by atoms with van der Waals surface area (Å²) in [5.41, 5.74) is -0.557. The highest BCUT2D eigenvalue weighted by atomic mass is 19.4. The zero-order valence-electron chi connectivity index (χ0n) is 13.8. The Morgan fingerprint density at radius 2 is 1.81 bits per heavy atom. The zero-order chi connectivity index (χ0) is 19.3. The molecule has 1 fully saturated rings. The molecule has 0 bridgehead atoms. The number of alkyl halides is 3. The largest absolute Gasteiger partial charge is 0.475 e. The predicted octanol–water partition coefficient (Wildman–Crippen LogP) is 4.22. The van der Waals surface area contributed by atoms with Crippen molar-refractivity contribution < 1.29 is 31.5 Å². The lowest BCUT2D eigenvalue weighted by molar-refractivity contribution is -0.167. The number of hydrogen-bond donors (Lipinski definition) is 1. The van der Waals surface area contributed by atoms with Crippen molar-refractivity contribution in [1.29, 1.82) is 0 Å². The van der Waals surface area contributed by atoms with Gasteiger partial charge in [-0.2, -0.15) is 13.2 Å². The highest BCUT2D eigenvalue weighted by Crippen LogP contribution is 2.35. The number of benzene rings is 1. The monoisotopic (exact) mass is 375 g/mol. The average Bonchev–Trinajstić information content (AvgIpc) is 2.58. The Morgan fingerprint density at radius 1 is 1.23 bits per heavy atom. The third-order valence-corrected chi connectivity index (χ3v) is 4.32. The summed E-state index contributed by atoms with van der Waals surface area (Å²) < 4.78 is 72.5. The normalized spacial score (nSPS) is 16.6. The molecular formula is C18H18F5NO2. The van der Waals surface area contributed by atoms with Crippen molar-refractivity contribution in [2.24, 2.45) is 5.92 Å². The number of terminal acetylenes is 1. The number of hydrogen-bond acceptors (Lipinski definition) is 2. The molecule has 0 aliphatic heterocycles. The van der Waals surface area contributed by atoms with Crippen molar-refractivity contribution in [2.45, 2.75) is 44.3 Å². The van der Waals surface area contributed by atoms with Gasteiger partial charge in [-0.3, -0.25) is 4.79 Å². The summed E-state index contributed by atoms with van der Waals surface area (Å²) in [6.45, 7) is -0.392. The standard InChI is InChI=1S/C18H18F5NO2/c1-2-8-26-15-13(19)9-12(10-14(15)20)17(25)24-16(18(21,22)23)11-6-4-3-5-7-11/h1,9-11,16H,3-8H2,(H,24,25). The second kappa shape index (κ2) is 8.39. The summed E-state index contributed by atoms with van der Waals surface area (Å²) in [5.74, 6) is -3.13. The third-order valence-electron chi connectivity index (χ3n) is 4.32. The molecular weight excluding hydrogens is 357 g/mol. The van der Waals surface area contributed by atoms with Gasteiger partial charge in [-0.1, -0.05) is 25.2 Å². The van der Waals surface area contributed by atoms with Gasteiger partial charge in [0.05, 0.1) is 0 Å². The quantitative estimate of drug-likeness (QED) is 0.618. The van der Waals surface area contributed by atoms with E-state index in [-0.39, 0.29) is 0 Å². The fraction of sp³-hybridized carbons (Fsp3) is 0.500. The molecule has 8 heteroatoms. The minimum Gasteiger partial charge on any atom is -0.475 e. The van der Waals surface area contributed by atoms with E-state index in [1.165, 1.54) is 0 Å². The van der Waals surface area contributed by atoms with Gasteiger partial charge in [0.15, 0.2) is 17.4 Å². The molecule has 0 saturated heterocycles. The van der Waals surface area contributed by atoms with Crippen LogP contribution in [0.5, 0.6) is 5.75 Å². The van der Waals surface area contributed by atoms with Crippen LogP contribution in [0.4, 0.5) is 22.0 Å². The van der Waals surface area contributed by atoms with Gasteiger partial charge in [-0.05, 0) is 30.9 Å². The fourth-order valence-electron chi connectivity index (χ4n) is 3.10. The van der Waals surface area contributed by atoms with E-state index in [2.05, 4.69) is 4.74 Å². The van der Waals surface area contributed by atoms with Crippen molar-refractivity contribution >= 4 is 5.91 Å². The molecule has 1 aliphatic carbocycles. The SMILES string of the molecule is C#CCOc1c(F)cc(C(=O)NC(C2CCCCC2)C(F)(F)F)cc1F. The molecule has 1 aromatic rings. The van der Waals surface area contributed by atoms with E-state index in [9.17, 15) is 26.7 Å². The first-order valence-corrected chi connectivity index (χ1v) is 8.17. The highest BCUT2D eigenvalue weighted by Gasteiger charge is 2.45. The lowest BCUT2D eigenvalue weighted by atomic mass is 9.83. The predicted molar refractivity (Wildman–Crippen MR) is 84.6 cm³/mol. The Balaban J connectivity index is 2.20. The van der Waals surface area contributed by atoms with E-state index >= 15 is 0 Å². The minimum absolute atomic E-state index is 0.339. The van der Waals surface area contributed by atoms with Crippen LogP contribution in [0.2, 0.25) is 0 Å². The molecule has 3 nitrogen and oxygen atoms in total. The van der Waals surface area contributed by atoms with E-state index in [4.69, 9.17) is 6.42 Å². The van der Waals surface area contributed by atoms with Crippen LogP contribution in [0.25, 0.3) is 0 Å². The molecule has 1 amide bonds. The van der Waals surface area contributed by atoms with Crippen LogP contribution < -0.4 is 10.1 Å². The highest BCUT2D eigenvalue weighted by molar-refractivity contribution is 5.94. The van der Waals surface area contributed by atoms with Gasteiger partial charge in [0, 0.05) is 5.56 Å². The van der Waals surface area contributed by atoms with Crippen LogP contribution in [0.3, 0.4) is 0 Å². The van der Waals surface area contributed by atoms with E-state index < -0.39 is 53.6 Å². The molecule has 2 rings (SSSR count). The molecule has 1 saturated carbocycles. The Labute approximate surface area is 147 Å². The van der Waals surface area contributed by atoms with E-state index in [0.29, 0.717) is 37.8 Å². The maximum absolute atomic E-state index is 13.9. The summed E-state index contributed by atoms with van der Waals surface area (Å²) in [7, 11) is 0. The fourth-order valence-corrected chi connectivity index (χ4v) is 3.10. The van der Waals surface area contributed by atoms with Gasteiger partial charge in [0.2, 0.25) is 0 Å². The lowest BCUT2D eigenvalue weighted by Crippen LogP contribution is -2.50.